The second kappa shape index (κ2) is 5.84. The predicted octanol–water partition coefficient (Wildman–Crippen LogP) is -0.0790. The van der Waals surface area contributed by atoms with E-state index < -0.39 is 12.0 Å². The number of nitrogens with one attached hydrogen (secondary N) is 1. The van der Waals surface area contributed by atoms with Crippen LogP contribution in [0.1, 0.15) is 27.2 Å². The molecule has 0 aromatic carbocycles. The van der Waals surface area contributed by atoms with Crippen LogP contribution >= 0.6 is 0 Å². The molecule has 2 atom stereocenters. The Kier molecular flexibility index (Phi) is 4.69. The molecule has 1 fully saturated rings. The van der Waals surface area contributed by atoms with Crippen molar-refractivity contribution in [3.05, 3.63) is 0 Å². The first kappa shape index (κ1) is 14.5. The van der Waals surface area contributed by atoms with Gasteiger partial charge in [0, 0.05) is 19.0 Å². The van der Waals surface area contributed by atoms with Crippen molar-refractivity contribution in [1.29, 1.82) is 0 Å². The van der Waals surface area contributed by atoms with Crippen LogP contribution in [0.15, 0.2) is 0 Å². The largest absolute Gasteiger partial charge is 0.467 e. The minimum Gasteiger partial charge on any atom is -0.467 e. The molecule has 18 heavy (non-hydrogen) atoms. The molecule has 1 aliphatic rings. The van der Waals surface area contributed by atoms with Gasteiger partial charge in [-0.15, -0.1) is 0 Å². The zero-order valence-corrected chi connectivity index (χ0v) is 11.2. The number of amides is 2. The quantitative estimate of drug-likeness (QED) is 0.714. The molecule has 1 heterocycles. The van der Waals surface area contributed by atoms with Gasteiger partial charge < -0.3 is 15.0 Å². The van der Waals surface area contributed by atoms with E-state index in [0.717, 1.165) is 0 Å². The van der Waals surface area contributed by atoms with Crippen LogP contribution in [-0.2, 0) is 19.1 Å². The molecule has 0 radical (unpaired) electrons. The maximum absolute atomic E-state index is 11.9. The molecule has 0 bridgehead atoms. The third kappa shape index (κ3) is 3.21. The van der Waals surface area contributed by atoms with Crippen LogP contribution in [-0.4, -0.2) is 48.4 Å². The topological polar surface area (TPSA) is 75.7 Å². The van der Waals surface area contributed by atoms with Crippen molar-refractivity contribution in [2.75, 3.05) is 13.7 Å². The number of ether oxygens (including phenoxy) is 1. The average molecular weight is 256 g/mol. The molecule has 102 valence electrons. The molecule has 2 unspecified atom stereocenters. The Morgan fingerprint density at radius 2 is 2.00 bits per heavy atom. The monoisotopic (exact) mass is 256 g/mol. The molecule has 0 saturated carbocycles. The molecule has 0 aliphatic carbocycles. The van der Waals surface area contributed by atoms with E-state index in [4.69, 9.17) is 0 Å². The Bertz CT molecular complexity index is 354. The first-order valence-corrected chi connectivity index (χ1v) is 6.04. The van der Waals surface area contributed by atoms with E-state index in [-0.39, 0.29) is 30.2 Å². The van der Waals surface area contributed by atoms with Gasteiger partial charge in [-0.25, -0.2) is 4.79 Å². The summed E-state index contributed by atoms with van der Waals surface area (Å²) in [6.45, 7) is 5.79. The number of hydrogen-bond donors (Lipinski definition) is 1. The molecular formula is C12H20N2O4. The Labute approximate surface area is 107 Å². The molecule has 6 heteroatoms. The molecule has 0 aromatic rings. The molecule has 2 amide bonds. The fourth-order valence-electron chi connectivity index (χ4n) is 1.97. The van der Waals surface area contributed by atoms with Crippen molar-refractivity contribution < 1.29 is 19.1 Å². The van der Waals surface area contributed by atoms with Crippen LogP contribution in [0.5, 0.6) is 0 Å². The molecule has 1 rings (SSSR count). The third-order valence-corrected chi connectivity index (χ3v) is 3.07. The van der Waals surface area contributed by atoms with E-state index in [1.165, 1.54) is 7.11 Å². The summed E-state index contributed by atoms with van der Waals surface area (Å²) in [6.07, 6.45) is 0.206. The molecule has 1 aliphatic heterocycles. The van der Waals surface area contributed by atoms with Crippen LogP contribution in [0.2, 0.25) is 0 Å². The van der Waals surface area contributed by atoms with E-state index in [2.05, 4.69) is 10.1 Å². The minimum atomic E-state index is -0.689. The van der Waals surface area contributed by atoms with Crippen molar-refractivity contribution in [3.63, 3.8) is 0 Å². The summed E-state index contributed by atoms with van der Waals surface area (Å²) in [6, 6.07) is -0.598. The maximum Gasteiger partial charge on any atom is 0.328 e. The number of rotatable bonds is 4. The van der Waals surface area contributed by atoms with Gasteiger partial charge >= 0.3 is 5.97 Å². The molecule has 0 spiro atoms. The summed E-state index contributed by atoms with van der Waals surface area (Å²) >= 11 is 0. The van der Waals surface area contributed by atoms with Crippen molar-refractivity contribution in [2.24, 2.45) is 5.92 Å². The predicted molar refractivity (Wildman–Crippen MR) is 64.6 cm³/mol. The highest BCUT2D eigenvalue weighted by Crippen LogP contribution is 2.20. The van der Waals surface area contributed by atoms with Gasteiger partial charge in [0.2, 0.25) is 11.8 Å². The van der Waals surface area contributed by atoms with Crippen LogP contribution < -0.4 is 5.32 Å². The van der Waals surface area contributed by atoms with Gasteiger partial charge in [-0.05, 0) is 20.8 Å². The zero-order chi connectivity index (χ0) is 13.9. The fourth-order valence-corrected chi connectivity index (χ4v) is 1.97. The highest BCUT2D eigenvalue weighted by Gasteiger charge is 2.36. The lowest BCUT2D eigenvalue weighted by Crippen LogP contribution is -2.43. The maximum atomic E-state index is 11.9. The summed E-state index contributed by atoms with van der Waals surface area (Å²) in [5.74, 6) is -1.17. The Morgan fingerprint density at radius 3 is 2.44 bits per heavy atom. The number of esters is 1. The molecule has 0 aromatic heterocycles. The van der Waals surface area contributed by atoms with Crippen molar-refractivity contribution >= 4 is 17.8 Å². The van der Waals surface area contributed by atoms with E-state index in [1.807, 2.05) is 13.8 Å². The van der Waals surface area contributed by atoms with Gasteiger partial charge in [0.1, 0.15) is 6.04 Å². The van der Waals surface area contributed by atoms with E-state index in [0.29, 0.717) is 6.54 Å². The highest BCUT2D eigenvalue weighted by molar-refractivity contribution is 5.91. The summed E-state index contributed by atoms with van der Waals surface area (Å²) < 4.78 is 4.52. The van der Waals surface area contributed by atoms with Crippen LogP contribution in [0, 0.1) is 5.92 Å². The standard InChI is InChI=1S/C12H20N2O4/c1-7(2)14-6-9(5-10(14)15)11(16)13-8(3)12(17)18-4/h7-9H,5-6H2,1-4H3,(H,13,16). The number of nitrogens with zero attached hydrogens (tertiary/aromatic N) is 1. The van der Waals surface area contributed by atoms with Crippen molar-refractivity contribution in [2.45, 2.75) is 39.3 Å². The molecule has 1 saturated heterocycles. The van der Waals surface area contributed by atoms with Crippen molar-refractivity contribution in [3.8, 4) is 0 Å². The lowest BCUT2D eigenvalue weighted by atomic mass is 10.1. The van der Waals surface area contributed by atoms with E-state index in [1.54, 1.807) is 11.8 Å². The summed E-state index contributed by atoms with van der Waals surface area (Å²) in [4.78, 5) is 36.4. The minimum absolute atomic E-state index is 0.0177. The fraction of sp³-hybridized carbons (Fsp3) is 0.750. The number of hydrogen-bond acceptors (Lipinski definition) is 4. The average Bonchev–Trinajstić information content (AvgIpc) is 2.70. The van der Waals surface area contributed by atoms with Crippen LogP contribution in [0.4, 0.5) is 0 Å². The molecule has 1 N–H and O–H groups in total. The normalized spacial score (nSPS) is 21.1. The first-order chi connectivity index (χ1) is 8.36. The van der Waals surface area contributed by atoms with E-state index >= 15 is 0 Å². The highest BCUT2D eigenvalue weighted by atomic mass is 16.5. The van der Waals surface area contributed by atoms with Crippen LogP contribution in [0.3, 0.4) is 0 Å². The van der Waals surface area contributed by atoms with E-state index in [9.17, 15) is 14.4 Å². The Balaban J connectivity index is 2.55. The smallest absolute Gasteiger partial charge is 0.328 e. The summed E-state index contributed by atoms with van der Waals surface area (Å²) in [5, 5.41) is 2.56. The summed E-state index contributed by atoms with van der Waals surface area (Å²) in [7, 11) is 1.27. The van der Waals surface area contributed by atoms with Gasteiger partial charge in [0.15, 0.2) is 0 Å². The lowest BCUT2D eigenvalue weighted by molar-refractivity contribution is -0.145. The van der Waals surface area contributed by atoms with Gasteiger partial charge in [0.05, 0.1) is 13.0 Å². The van der Waals surface area contributed by atoms with Crippen LogP contribution in [0.25, 0.3) is 0 Å². The number of methoxy groups -OCH3 is 1. The third-order valence-electron chi connectivity index (χ3n) is 3.07. The van der Waals surface area contributed by atoms with Gasteiger partial charge in [-0.1, -0.05) is 0 Å². The zero-order valence-electron chi connectivity index (χ0n) is 11.2. The van der Waals surface area contributed by atoms with Crippen molar-refractivity contribution in [1.82, 2.24) is 10.2 Å². The number of carbonyl (C=O) groups is 3. The Morgan fingerprint density at radius 1 is 1.39 bits per heavy atom. The first-order valence-electron chi connectivity index (χ1n) is 6.04. The number of carbonyl (C=O) groups excluding carboxylic acids is 3. The lowest BCUT2D eigenvalue weighted by Gasteiger charge is -2.21. The SMILES string of the molecule is COC(=O)C(C)NC(=O)C1CC(=O)N(C(C)C)C1. The molecule has 6 nitrogen and oxygen atoms in total. The molecular weight excluding hydrogens is 236 g/mol. The summed E-state index contributed by atoms with van der Waals surface area (Å²) in [5.41, 5.74) is 0. The Hall–Kier alpha value is -1.59. The van der Waals surface area contributed by atoms with Gasteiger partial charge in [-0.2, -0.15) is 0 Å². The second-order valence-corrected chi connectivity index (χ2v) is 4.79. The second-order valence-electron chi connectivity index (χ2n) is 4.79. The number of likely N-dealkylation sites (tertiary alicyclic amines) is 1. The van der Waals surface area contributed by atoms with Gasteiger partial charge in [-0.3, -0.25) is 9.59 Å². The van der Waals surface area contributed by atoms with Gasteiger partial charge in [0.25, 0.3) is 0 Å².